The third-order valence-corrected chi connectivity index (χ3v) is 12.5. The maximum Gasteiger partial charge on any atom is 0.147 e. The molecule has 0 fully saturated rings. The summed E-state index contributed by atoms with van der Waals surface area (Å²) < 4.78 is 14.5. The summed E-state index contributed by atoms with van der Waals surface area (Å²) in [6, 6.07) is 50.1. The first-order valence-corrected chi connectivity index (χ1v) is 18.8. The number of hydrogen-bond donors (Lipinski definition) is 0. The number of aliphatic imine (C=N–C) groups is 1. The van der Waals surface area contributed by atoms with Crippen molar-refractivity contribution in [1.29, 1.82) is 0 Å². The average molecular weight is 684 g/mol. The summed E-state index contributed by atoms with van der Waals surface area (Å²) >= 11 is 1.84. The van der Waals surface area contributed by atoms with E-state index in [9.17, 15) is 0 Å². The Kier molecular flexibility index (Phi) is 5.83. The van der Waals surface area contributed by atoms with Crippen LogP contribution in [0.15, 0.2) is 165 Å². The number of rotatable bonds is 3. The lowest BCUT2D eigenvalue weighted by Gasteiger charge is -2.15. The van der Waals surface area contributed by atoms with E-state index >= 15 is 0 Å². The number of hydrogen-bond acceptors (Lipinski definition) is 4. The van der Waals surface area contributed by atoms with Crippen LogP contribution < -0.4 is 0 Å². The molecule has 10 aromatic rings. The van der Waals surface area contributed by atoms with Gasteiger partial charge in [0.25, 0.3) is 0 Å². The summed E-state index contributed by atoms with van der Waals surface area (Å²) in [5.41, 5.74) is 13.4. The van der Waals surface area contributed by atoms with Crippen LogP contribution in [0.4, 0.5) is 0 Å². The van der Waals surface area contributed by atoms with Gasteiger partial charge in [-0.2, -0.15) is 0 Å². The number of thiophene rings is 1. The molecule has 4 heterocycles. The van der Waals surface area contributed by atoms with Crippen molar-refractivity contribution in [3.63, 3.8) is 0 Å². The fourth-order valence-corrected chi connectivity index (χ4v) is 10.3. The van der Waals surface area contributed by atoms with Gasteiger partial charge in [-0.05, 0) is 80.7 Å². The number of allylic oxidation sites excluding steroid dienone is 2. The highest BCUT2D eigenvalue weighted by Crippen LogP contribution is 2.51. The third-order valence-electron chi connectivity index (χ3n) is 11.3. The maximum atomic E-state index is 6.99. The van der Waals surface area contributed by atoms with E-state index in [1.54, 1.807) is 0 Å². The molecule has 0 saturated heterocycles. The van der Waals surface area contributed by atoms with Crippen LogP contribution in [-0.2, 0) is 6.42 Å². The van der Waals surface area contributed by atoms with Crippen molar-refractivity contribution in [2.45, 2.75) is 18.8 Å². The molecule has 1 atom stereocenters. The highest BCUT2D eigenvalue weighted by molar-refractivity contribution is 7.21. The fourth-order valence-electron chi connectivity index (χ4n) is 9.02. The van der Waals surface area contributed by atoms with E-state index in [1.807, 2.05) is 23.5 Å². The van der Waals surface area contributed by atoms with Crippen molar-refractivity contribution >= 4 is 81.8 Å². The molecule has 1 unspecified atom stereocenters. The topological polar surface area (TPSA) is 38.6 Å². The van der Waals surface area contributed by atoms with Crippen LogP contribution in [0.2, 0.25) is 0 Å². The smallest absolute Gasteiger partial charge is 0.147 e. The first-order valence-electron chi connectivity index (χ1n) is 17.9. The van der Waals surface area contributed by atoms with Crippen molar-refractivity contribution in [1.82, 2.24) is 0 Å². The second-order valence-electron chi connectivity index (χ2n) is 14.1. The van der Waals surface area contributed by atoms with Gasteiger partial charge in [0.05, 0.1) is 16.0 Å². The minimum absolute atomic E-state index is 0.213. The summed E-state index contributed by atoms with van der Waals surface area (Å²) in [5.74, 6) is 0.213. The van der Waals surface area contributed by atoms with Crippen LogP contribution in [0.25, 0.3) is 75.9 Å². The van der Waals surface area contributed by atoms with Crippen LogP contribution in [0.3, 0.4) is 0 Å². The number of nitrogens with zero attached hydrogens (tertiary/aromatic N) is 1. The zero-order valence-electron chi connectivity index (χ0n) is 28.0. The van der Waals surface area contributed by atoms with Gasteiger partial charge in [0.15, 0.2) is 0 Å². The van der Waals surface area contributed by atoms with E-state index in [4.69, 9.17) is 13.8 Å². The molecule has 3 nitrogen and oxygen atoms in total. The molecule has 1 aliphatic carbocycles. The lowest BCUT2D eigenvalue weighted by Crippen LogP contribution is -2.05. The van der Waals surface area contributed by atoms with E-state index in [-0.39, 0.29) is 5.92 Å². The van der Waals surface area contributed by atoms with Gasteiger partial charge in [-0.15, -0.1) is 11.3 Å². The van der Waals surface area contributed by atoms with Crippen LogP contribution in [0.5, 0.6) is 0 Å². The Labute approximate surface area is 302 Å². The van der Waals surface area contributed by atoms with Gasteiger partial charge in [0.2, 0.25) is 0 Å². The zero-order valence-corrected chi connectivity index (χ0v) is 28.8. The molecule has 0 radical (unpaired) electrons. The van der Waals surface area contributed by atoms with Gasteiger partial charge >= 0.3 is 0 Å². The van der Waals surface area contributed by atoms with Crippen LogP contribution >= 0.6 is 11.3 Å². The Hall–Kier alpha value is -6.23. The molecule has 12 rings (SSSR count). The van der Waals surface area contributed by atoms with Crippen LogP contribution in [-0.4, -0.2) is 5.71 Å². The molecule has 7 aromatic carbocycles. The molecule has 0 bridgehead atoms. The van der Waals surface area contributed by atoms with Crippen LogP contribution in [0, 0.1) is 0 Å². The van der Waals surface area contributed by atoms with Crippen molar-refractivity contribution in [3.8, 4) is 11.1 Å². The molecule has 0 N–H and O–H groups in total. The highest BCUT2D eigenvalue weighted by Gasteiger charge is 2.32. The number of para-hydroxylation sites is 2. The van der Waals surface area contributed by atoms with E-state index in [0.717, 1.165) is 73.7 Å². The summed E-state index contributed by atoms with van der Waals surface area (Å²) in [4.78, 5) is 6.91. The predicted molar refractivity (Wildman–Crippen MR) is 216 cm³/mol. The summed E-state index contributed by atoms with van der Waals surface area (Å²) in [6.45, 7) is 0. The quantitative estimate of drug-likeness (QED) is 0.186. The Morgan fingerprint density at radius 3 is 2.31 bits per heavy atom. The lowest BCUT2D eigenvalue weighted by atomic mass is 9.91. The van der Waals surface area contributed by atoms with E-state index in [1.165, 1.54) is 53.6 Å². The van der Waals surface area contributed by atoms with E-state index < -0.39 is 0 Å². The molecule has 0 spiro atoms. The van der Waals surface area contributed by atoms with Gasteiger partial charge in [-0.25, -0.2) is 0 Å². The Bertz CT molecular complexity index is 3200. The molecule has 1 aliphatic heterocycles. The van der Waals surface area contributed by atoms with E-state index in [2.05, 4.69) is 133 Å². The van der Waals surface area contributed by atoms with Gasteiger partial charge in [-0.1, -0.05) is 115 Å². The molecule has 4 heteroatoms. The summed E-state index contributed by atoms with van der Waals surface area (Å²) in [7, 11) is 0. The molecule has 3 aromatic heterocycles. The monoisotopic (exact) mass is 683 g/mol. The number of benzene rings is 7. The summed E-state index contributed by atoms with van der Waals surface area (Å²) in [5, 5.41) is 8.17. The molecular weight excluding hydrogens is 655 g/mol. The first-order chi connectivity index (χ1) is 25.8. The molecule has 0 amide bonds. The second-order valence-corrected chi connectivity index (χ2v) is 15.1. The molecule has 244 valence electrons. The lowest BCUT2D eigenvalue weighted by molar-refractivity contribution is 0.662. The zero-order chi connectivity index (χ0) is 33.9. The molecule has 0 saturated carbocycles. The number of furan rings is 2. The Morgan fingerprint density at radius 2 is 1.35 bits per heavy atom. The van der Waals surface area contributed by atoms with Gasteiger partial charge < -0.3 is 8.83 Å². The fraction of sp³-hybridized carbons (Fsp3) is 0.0625. The third kappa shape index (κ3) is 3.93. The molecule has 52 heavy (non-hydrogen) atoms. The first kappa shape index (κ1) is 28.5. The van der Waals surface area contributed by atoms with Crippen molar-refractivity contribution < 1.29 is 8.83 Å². The van der Waals surface area contributed by atoms with Crippen molar-refractivity contribution in [3.05, 3.63) is 178 Å². The minimum atomic E-state index is 0.213. The Balaban J connectivity index is 1.08. The largest absolute Gasteiger partial charge is 0.456 e. The number of fused-ring (bicyclic) bond motifs is 15. The van der Waals surface area contributed by atoms with Crippen molar-refractivity contribution in [2.75, 3.05) is 0 Å². The normalized spacial score (nSPS) is 15.3. The highest BCUT2D eigenvalue weighted by atomic mass is 32.1. The van der Waals surface area contributed by atoms with Crippen molar-refractivity contribution in [2.24, 2.45) is 4.99 Å². The maximum absolute atomic E-state index is 6.99. The molecule has 2 aliphatic rings. The Morgan fingerprint density at radius 1 is 0.577 bits per heavy atom. The standard InChI is InChI=1S/C48H29NO2S/c1-2-11-29-27(10-1)20-22-33-39(30-12-3-4-14-32(30)43(29)33)26-28-21-23-36-31-13-6-8-19-42(31)52-48(36)45(49-28)38-17-9-16-34-35-24-25-41-44(47(35)51-46(34)38)37-15-5-7-18-40(37)50-41/h1-22,24-25,39H,23,26H2. The summed E-state index contributed by atoms with van der Waals surface area (Å²) in [6.07, 6.45) is 4.03. The van der Waals surface area contributed by atoms with E-state index in [0.29, 0.717) is 0 Å². The van der Waals surface area contributed by atoms with Gasteiger partial charge in [-0.3, -0.25) is 4.99 Å². The van der Waals surface area contributed by atoms with Gasteiger partial charge in [0, 0.05) is 44.5 Å². The second kappa shape index (κ2) is 10.6. The van der Waals surface area contributed by atoms with Gasteiger partial charge in [0.1, 0.15) is 22.3 Å². The molecular formula is C48H29NO2S. The van der Waals surface area contributed by atoms with Crippen LogP contribution in [0.1, 0.15) is 39.5 Å². The average Bonchev–Trinajstić information content (AvgIpc) is 3.92. The minimum Gasteiger partial charge on any atom is -0.456 e. The SMILES string of the molecule is C1=C(CC2c3ccccc3-c3c2ccc2ccccc32)N=C(c2cccc3c2oc2c3ccc3oc4ccccc4c32)c2sc3ccccc3c2C1. The predicted octanol–water partition coefficient (Wildman–Crippen LogP) is 13.3.